The smallest absolute Gasteiger partial charge is 0.231 e. The van der Waals surface area contributed by atoms with E-state index < -0.39 is 0 Å². The Balaban J connectivity index is 2.98. The third kappa shape index (κ3) is 4.51. The second-order valence-corrected chi connectivity index (χ2v) is 4.88. The maximum absolute atomic E-state index is 9.35. The first-order chi connectivity index (χ1) is 8.97. The van der Waals surface area contributed by atoms with Gasteiger partial charge in [0.15, 0.2) is 0 Å². The SMILES string of the molecule is CCNc1nc(N[C@H](CO)C(C)C)nc(N(C)C)n1. The van der Waals surface area contributed by atoms with E-state index in [9.17, 15) is 5.11 Å². The van der Waals surface area contributed by atoms with Gasteiger partial charge in [-0.3, -0.25) is 0 Å². The molecule has 0 aromatic carbocycles. The molecule has 7 heteroatoms. The van der Waals surface area contributed by atoms with Crippen molar-refractivity contribution < 1.29 is 5.11 Å². The summed E-state index contributed by atoms with van der Waals surface area (Å²) in [5.74, 6) is 1.87. The minimum atomic E-state index is -0.0770. The van der Waals surface area contributed by atoms with Gasteiger partial charge >= 0.3 is 0 Å². The molecule has 0 unspecified atom stereocenters. The van der Waals surface area contributed by atoms with Crippen LogP contribution < -0.4 is 15.5 Å². The summed E-state index contributed by atoms with van der Waals surface area (Å²) in [6, 6.07) is -0.0770. The molecule has 0 aliphatic carbocycles. The van der Waals surface area contributed by atoms with Crippen LogP contribution in [0, 0.1) is 5.92 Å². The number of rotatable bonds is 7. The van der Waals surface area contributed by atoms with Crippen LogP contribution in [0.1, 0.15) is 20.8 Å². The van der Waals surface area contributed by atoms with Crippen LogP contribution in [0.2, 0.25) is 0 Å². The van der Waals surface area contributed by atoms with E-state index in [4.69, 9.17) is 0 Å². The summed E-state index contributed by atoms with van der Waals surface area (Å²) >= 11 is 0. The van der Waals surface area contributed by atoms with E-state index in [1.807, 2.05) is 39.8 Å². The van der Waals surface area contributed by atoms with E-state index in [-0.39, 0.29) is 18.6 Å². The van der Waals surface area contributed by atoms with Crippen LogP contribution in [-0.4, -0.2) is 53.3 Å². The highest BCUT2D eigenvalue weighted by Gasteiger charge is 2.15. The second kappa shape index (κ2) is 7.08. The molecule has 0 saturated heterocycles. The fraction of sp³-hybridized carbons (Fsp3) is 0.750. The summed E-state index contributed by atoms with van der Waals surface area (Å²) < 4.78 is 0. The van der Waals surface area contributed by atoms with Crippen LogP contribution in [0.5, 0.6) is 0 Å². The van der Waals surface area contributed by atoms with Crippen molar-refractivity contribution in [2.24, 2.45) is 5.92 Å². The van der Waals surface area contributed by atoms with Crippen LogP contribution in [-0.2, 0) is 0 Å². The normalized spacial score (nSPS) is 12.4. The number of nitrogens with zero attached hydrogens (tertiary/aromatic N) is 4. The standard InChI is InChI=1S/C12H24N6O/c1-6-13-10-15-11(14-9(7-19)8(2)3)17-12(16-10)18(4)5/h8-9,19H,6-7H2,1-5H3,(H2,13,14,15,16,17)/t9-/m1/s1. The van der Waals surface area contributed by atoms with Crippen LogP contribution in [0.25, 0.3) is 0 Å². The van der Waals surface area contributed by atoms with Crippen LogP contribution >= 0.6 is 0 Å². The molecule has 1 rings (SSSR count). The molecule has 1 heterocycles. The van der Waals surface area contributed by atoms with Crippen molar-refractivity contribution in [1.82, 2.24) is 15.0 Å². The third-order valence-electron chi connectivity index (χ3n) is 2.67. The number of hydrogen-bond acceptors (Lipinski definition) is 7. The van der Waals surface area contributed by atoms with Gasteiger partial charge in [0.1, 0.15) is 0 Å². The van der Waals surface area contributed by atoms with Gasteiger partial charge in [-0.05, 0) is 12.8 Å². The molecule has 0 bridgehead atoms. The Hall–Kier alpha value is -1.63. The van der Waals surface area contributed by atoms with E-state index >= 15 is 0 Å². The Morgan fingerprint density at radius 3 is 2.26 bits per heavy atom. The lowest BCUT2D eigenvalue weighted by atomic mass is 10.1. The van der Waals surface area contributed by atoms with Crippen molar-refractivity contribution in [2.45, 2.75) is 26.8 Å². The monoisotopic (exact) mass is 268 g/mol. The molecule has 0 saturated carbocycles. The molecule has 3 N–H and O–H groups in total. The Morgan fingerprint density at radius 1 is 1.16 bits per heavy atom. The molecule has 0 amide bonds. The van der Waals surface area contributed by atoms with Crippen LogP contribution in [0.3, 0.4) is 0 Å². The second-order valence-electron chi connectivity index (χ2n) is 4.88. The Bertz CT molecular complexity index is 396. The minimum absolute atomic E-state index is 0.0389. The molecule has 0 spiro atoms. The van der Waals surface area contributed by atoms with Gasteiger partial charge in [-0.15, -0.1) is 0 Å². The summed E-state index contributed by atoms with van der Waals surface area (Å²) in [6.07, 6.45) is 0. The van der Waals surface area contributed by atoms with Crippen LogP contribution in [0.15, 0.2) is 0 Å². The first-order valence-electron chi connectivity index (χ1n) is 6.52. The van der Waals surface area contributed by atoms with E-state index in [2.05, 4.69) is 25.6 Å². The zero-order chi connectivity index (χ0) is 14.4. The van der Waals surface area contributed by atoms with E-state index in [1.165, 1.54) is 0 Å². The maximum atomic E-state index is 9.35. The topological polar surface area (TPSA) is 86.2 Å². The van der Waals surface area contributed by atoms with Gasteiger partial charge in [-0.25, -0.2) is 0 Å². The predicted octanol–water partition coefficient (Wildman–Crippen LogP) is 0.798. The molecule has 19 heavy (non-hydrogen) atoms. The third-order valence-corrected chi connectivity index (χ3v) is 2.67. The van der Waals surface area contributed by atoms with E-state index in [1.54, 1.807) is 0 Å². The lowest BCUT2D eigenvalue weighted by molar-refractivity contribution is 0.248. The van der Waals surface area contributed by atoms with E-state index in [0.29, 0.717) is 17.8 Å². The summed E-state index contributed by atoms with van der Waals surface area (Å²) in [7, 11) is 3.75. The van der Waals surface area contributed by atoms with Crippen LogP contribution in [0.4, 0.5) is 17.8 Å². The van der Waals surface area contributed by atoms with E-state index in [0.717, 1.165) is 6.54 Å². The van der Waals surface area contributed by atoms with Crippen molar-refractivity contribution in [3.05, 3.63) is 0 Å². The van der Waals surface area contributed by atoms with Gasteiger partial charge < -0.3 is 20.6 Å². The molecule has 0 aliphatic heterocycles. The Morgan fingerprint density at radius 2 is 1.79 bits per heavy atom. The molecular weight excluding hydrogens is 244 g/mol. The molecule has 1 atom stereocenters. The lowest BCUT2D eigenvalue weighted by Gasteiger charge is -2.21. The number of aliphatic hydroxyl groups is 1. The van der Waals surface area contributed by atoms with Gasteiger partial charge in [-0.2, -0.15) is 15.0 Å². The molecule has 0 fully saturated rings. The Kier molecular flexibility index (Phi) is 5.75. The lowest BCUT2D eigenvalue weighted by Crippen LogP contribution is -2.31. The molecule has 7 nitrogen and oxygen atoms in total. The molecule has 1 aromatic rings. The largest absolute Gasteiger partial charge is 0.394 e. The molecule has 0 radical (unpaired) electrons. The Labute approximate surface area is 114 Å². The highest BCUT2D eigenvalue weighted by atomic mass is 16.3. The highest BCUT2D eigenvalue weighted by Crippen LogP contribution is 2.14. The zero-order valence-corrected chi connectivity index (χ0v) is 12.3. The fourth-order valence-electron chi connectivity index (χ4n) is 1.46. The van der Waals surface area contributed by atoms with Gasteiger partial charge in [0.25, 0.3) is 0 Å². The molecule has 1 aromatic heterocycles. The van der Waals surface area contributed by atoms with Gasteiger partial charge in [0.05, 0.1) is 12.6 Å². The van der Waals surface area contributed by atoms with Crippen molar-refractivity contribution >= 4 is 17.8 Å². The van der Waals surface area contributed by atoms with Gasteiger partial charge in [0.2, 0.25) is 17.8 Å². The quantitative estimate of drug-likeness (QED) is 0.674. The summed E-state index contributed by atoms with van der Waals surface area (Å²) in [5, 5.41) is 15.6. The summed E-state index contributed by atoms with van der Waals surface area (Å²) in [4.78, 5) is 14.7. The molecule has 0 aliphatic rings. The average Bonchev–Trinajstić information content (AvgIpc) is 2.35. The first kappa shape index (κ1) is 15.4. The van der Waals surface area contributed by atoms with Crippen molar-refractivity contribution in [2.75, 3.05) is 42.8 Å². The number of nitrogens with one attached hydrogen (secondary N) is 2. The maximum Gasteiger partial charge on any atom is 0.231 e. The molecular formula is C12H24N6O. The number of aromatic nitrogens is 3. The van der Waals surface area contributed by atoms with Crippen molar-refractivity contribution in [1.29, 1.82) is 0 Å². The average molecular weight is 268 g/mol. The summed E-state index contributed by atoms with van der Waals surface area (Å²) in [5.41, 5.74) is 0. The first-order valence-corrected chi connectivity index (χ1v) is 6.52. The number of hydrogen-bond donors (Lipinski definition) is 3. The van der Waals surface area contributed by atoms with Crippen molar-refractivity contribution in [3.63, 3.8) is 0 Å². The number of aliphatic hydroxyl groups excluding tert-OH is 1. The van der Waals surface area contributed by atoms with Crippen molar-refractivity contribution in [3.8, 4) is 0 Å². The molecule has 108 valence electrons. The summed E-state index contributed by atoms with van der Waals surface area (Å²) in [6.45, 7) is 6.83. The fourth-order valence-corrected chi connectivity index (χ4v) is 1.46. The predicted molar refractivity (Wildman–Crippen MR) is 77.7 cm³/mol. The highest BCUT2D eigenvalue weighted by molar-refractivity contribution is 5.43. The zero-order valence-electron chi connectivity index (χ0n) is 12.3. The minimum Gasteiger partial charge on any atom is -0.394 e. The number of anilines is 3. The van der Waals surface area contributed by atoms with Gasteiger partial charge in [0, 0.05) is 20.6 Å². The van der Waals surface area contributed by atoms with Gasteiger partial charge in [-0.1, -0.05) is 13.8 Å².